The normalized spacial score (nSPS) is 20.7. The van der Waals surface area contributed by atoms with Crippen LogP contribution in [0.2, 0.25) is 0 Å². The van der Waals surface area contributed by atoms with Crippen LogP contribution in [-0.2, 0) is 0 Å². The van der Waals surface area contributed by atoms with Crippen LogP contribution in [0, 0.1) is 6.92 Å². The van der Waals surface area contributed by atoms with Crippen molar-refractivity contribution in [3.8, 4) is 11.5 Å². The topological polar surface area (TPSA) is 45.1 Å². The molecule has 0 amide bonds. The van der Waals surface area contributed by atoms with E-state index in [1.165, 1.54) is 0 Å². The summed E-state index contributed by atoms with van der Waals surface area (Å²) >= 11 is 5.22. The molecule has 136 valence electrons. The summed E-state index contributed by atoms with van der Waals surface area (Å²) in [5, 5.41) is 21.5. The summed E-state index contributed by atoms with van der Waals surface area (Å²) in [6, 6.07) is 13.9. The Labute approximate surface area is 169 Å². The Hall–Kier alpha value is -2.31. The average Bonchev–Trinajstić information content (AvgIpc) is 3.33. The van der Waals surface area contributed by atoms with Gasteiger partial charge in [-0.1, -0.05) is 27.6 Å². The minimum atomic E-state index is -0.264. The third kappa shape index (κ3) is 2.84. The number of benzene rings is 2. The fourth-order valence-electron chi connectivity index (χ4n) is 3.74. The third-order valence-corrected chi connectivity index (χ3v) is 6.24. The summed E-state index contributed by atoms with van der Waals surface area (Å²) in [6.07, 6.45) is 0.462. The van der Waals surface area contributed by atoms with Gasteiger partial charge < -0.3 is 9.84 Å². The Morgan fingerprint density at radius 2 is 2.11 bits per heavy atom. The molecule has 4 nitrogen and oxygen atoms in total. The first-order valence-electron chi connectivity index (χ1n) is 8.74. The van der Waals surface area contributed by atoms with Crippen molar-refractivity contribution < 1.29 is 9.84 Å². The number of fused-ring (bicyclic) bond motifs is 3. The molecule has 2 unspecified atom stereocenters. The van der Waals surface area contributed by atoms with Gasteiger partial charge in [0, 0.05) is 27.6 Å². The summed E-state index contributed by atoms with van der Waals surface area (Å²) in [7, 11) is 0. The average molecular weight is 441 g/mol. The van der Waals surface area contributed by atoms with Crippen LogP contribution in [0.4, 0.5) is 0 Å². The van der Waals surface area contributed by atoms with Gasteiger partial charge in [-0.15, -0.1) is 0 Å². The molecule has 3 aromatic rings. The number of nitrogens with zero attached hydrogens (tertiary/aromatic N) is 2. The Balaban J connectivity index is 1.63. The maximum atomic E-state index is 10.4. The molecule has 5 rings (SSSR count). The van der Waals surface area contributed by atoms with Crippen molar-refractivity contribution in [1.29, 1.82) is 0 Å². The molecule has 2 aliphatic heterocycles. The van der Waals surface area contributed by atoms with Crippen LogP contribution < -0.4 is 4.74 Å². The van der Waals surface area contributed by atoms with Gasteiger partial charge >= 0.3 is 0 Å². The van der Waals surface area contributed by atoms with Crippen LogP contribution in [0.25, 0.3) is 0 Å². The zero-order valence-corrected chi connectivity index (χ0v) is 17.0. The highest BCUT2D eigenvalue weighted by Gasteiger charge is 2.41. The fraction of sp³-hybridized carbons (Fsp3) is 0.190. The molecule has 1 aromatic heterocycles. The molecule has 0 fully saturated rings. The van der Waals surface area contributed by atoms with Gasteiger partial charge in [-0.3, -0.25) is 0 Å². The molecule has 0 aliphatic carbocycles. The fourth-order valence-corrected chi connectivity index (χ4v) is 4.78. The molecular formula is C21H17BrN2O2S. The first kappa shape index (κ1) is 16.8. The lowest BCUT2D eigenvalue weighted by molar-refractivity contribution is -0.0188. The van der Waals surface area contributed by atoms with Crippen LogP contribution in [-0.4, -0.2) is 15.8 Å². The van der Waals surface area contributed by atoms with Crippen molar-refractivity contribution in [1.82, 2.24) is 5.01 Å². The number of phenols is 1. The number of phenolic OH excluding ortho intramolecular Hbond substituents is 1. The largest absolute Gasteiger partial charge is 0.507 e. The molecular weight excluding hydrogens is 424 g/mol. The lowest BCUT2D eigenvalue weighted by atomic mass is 9.95. The number of rotatable bonds is 2. The van der Waals surface area contributed by atoms with E-state index in [0.29, 0.717) is 0 Å². The number of aryl methyl sites for hydroxylation is 1. The molecule has 1 N–H and O–H groups in total. The number of thiophene rings is 1. The number of hydrogen-bond donors (Lipinski definition) is 1. The van der Waals surface area contributed by atoms with Gasteiger partial charge in [0.1, 0.15) is 11.5 Å². The maximum absolute atomic E-state index is 10.4. The van der Waals surface area contributed by atoms with Crippen LogP contribution in [0.15, 0.2) is 62.8 Å². The predicted octanol–water partition coefficient (Wildman–Crippen LogP) is 5.77. The molecule has 6 heteroatoms. The Morgan fingerprint density at radius 3 is 2.93 bits per heavy atom. The highest BCUT2D eigenvalue weighted by molar-refractivity contribution is 9.10. The molecule has 0 bridgehead atoms. The van der Waals surface area contributed by atoms with E-state index < -0.39 is 0 Å². The van der Waals surface area contributed by atoms with Crippen LogP contribution in [0.1, 0.15) is 40.9 Å². The van der Waals surface area contributed by atoms with Crippen molar-refractivity contribution >= 4 is 33.0 Å². The summed E-state index contributed by atoms with van der Waals surface area (Å²) in [6.45, 7) is 2.02. The Bertz CT molecular complexity index is 1050. The van der Waals surface area contributed by atoms with Gasteiger partial charge in [-0.05, 0) is 54.1 Å². The Morgan fingerprint density at radius 1 is 1.22 bits per heavy atom. The van der Waals surface area contributed by atoms with E-state index >= 15 is 0 Å². The SMILES string of the molecule is Cc1ccc(O)c(C2=NN3C(C2)c2cc(Br)ccc2OC3c2ccsc2)c1. The summed E-state index contributed by atoms with van der Waals surface area (Å²) < 4.78 is 7.34. The minimum Gasteiger partial charge on any atom is -0.507 e. The molecule has 0 radical (unpaired) electrons. The van der Waals surface area contributed by atoms with Crippen LogP contribution in [0.3, 0.4) is 0 Å². The van der Waals surface area contributed by atoms with E-state index in [0.717, 1.165) is 44.6 Å². The summed E-state index contributed by atoms with van der Waals surface area (Å²) in [4.78, 5) is 0. The van der Waals surface area contributed by atoms with E-state index in [9.17, 15) is 5.11 Å². The molecule has 2 aliphatic rings. The number of hydrogen-bond acceptors (Lipinski definition) is 5. The number of hydrazone groups is 1. The molecule has 3 heterocycles. The van der Waals surface area contributed by atoms with Crippen molar-refractivity contribution in [2.45, 2.75) is 25.6 Å². The van der Waals surface area contributed by atoms with Gasteiger partial charge in [-0.2, -0.15) is 16.4 Å². The smallest absolute Gasteiger partial charge is 0.214 e. The lowest BCUT2D eigenvalue weighted by Crippen LogP contribution is -2.33. The quantitative estimate of drug-likeness (QED) is 0.550. The van der Waals surface area contributed by atoms with E-state index in [1.54, 1.807) is 17.4 Å². The molecule has 27 heavy (non-hydrogen) atoms. The first-order valence-corrected chi connectivity index (χ1v) is 10.5. The van der Waals surface area contributed by atoms with Gasteiger partial charge in [0.15, 0.2) is 0 Å². The van der Waals surface area contributed by atoms with Crippen molar-refractivity contribution in [2.24, 2.45) is 5.10 Å². The standard InChI is InChI=1S/C21H17BrN2O2S/c1-12-2-4-19(25)15(8-12)17-10-18-16-9-14(22)3-5-20(16)26-21(24(18)23-17)13-6-7-27-11-13/h2-9,11,18,21,25H,10H2,1H3. The van der Waals surface area contributed by atoms with E-state index in [-0.39, 0.29) is 18.0 Å². The van der Waals surface area contributed by atoms with Crippen molar-refractivity contribution in [3.05, 3.63) is 80.0 Å². The molecule has 0 saturated heterocycles. The Kier molecular flexibility index (Phi) is 3.98. The second-order valence-corrected chi connectivity index (χ2v) is 8.57. The zero-order chi connectivity index (χ0) is 18.5. The molecule has 0 spiro atoms. The second-order valence-electron chi connectivity index (χ2n) is 6.88. The van der Waals surface area contributed by atoms with Gasteiger partial charge in [0.2, 0.25) is 6.23 Å². The maximum Gasteiger partial charge on any atom is 0.214 e. The van der Waals surface area contributed by atoms with E-state index in [4.69, 9.17) is 9.84 Å². The summed E-state index contributed by atoms with van der Waals surface area (Å²) in [5.41, 5.74) is 4.99. The predicted molar refractivity (Wildman–Crippen MR) is 110 cm³/mol. The minimum absolute atomic E-state index is 0.0751. The third-order valence-electron chi connectivity index (χ3n) is 5.04. The molecule has 2 aromatic carbocycles. The lowest BCUT2D eigenvalue weighted by Gasteiger charge is -2.37. The number of aromatic hydroxyl groups is 1. The van der Waals surface area contributed by atoms with Gasteiger partial charge in [0.05, 0.1) is 11.8 Å². The van der Waals surface area contributed by atoms with Gasteiger partial charge in [-0.25, -0.2) is 5.01 Å². The van der Waals surface area contributed by atoms with Crippen molar-refractivity contribution in [2.75, 3.05) is 0 Å². The number of ether oxygens (including phenoxy) is 1. The highest BCUT2D eigenvalue weighted by Crippen LogP contribution is 2.48. The summed E-state index contributed by atoms with van der Waals surface area (Å²) in [5.74, 6) is 1.15. The van der Waals surface area contributed by atoms with Crippen LogP contribution >= 0.6 is 27.3 Å². The molecule has 0 saturated carbocycles. The van der Waals surface area contributed by atoms with E-state index in [2.05, 4.69) is 38.8 Å². The highest BCUT2D eigenvalue weighted by atomic mass is 79.9. The first-order chi connectivity index (χ1) is 13.1. The van der Waals surface area contributed by atoms with E-state index in [1.807, 2.05) is 36.2 Å². The second kappa shape index (κ2) is 6.39. The monoisotopic (exact) mass is 440 g/mol. The zero-order valence-electron chi connectivity index (χ0n) is 14.6. The number of halogens is 1. The van der Waals surface area contributed by atoms with Crippen molar-refractivity contribution in [3.63, 3.8) is 0 Å². The molecule has 2 atom stereocenters. The van der Waals surface area contributed by atoms with Crippen LogP contribution in [0.5, 0.6) is 11.5 Å². The van der Waals surface area contributed by atoms with Gasteiger partial charge in [0.25, 0.3) is 0 Å².